The van der Waals surface area contributed by atoms with Gasteiger partial charge in [-0.15, -0.1) is 0 Å². The SMILES string of the molecule is COC(=O)c1ccccc1N(C)C(=O)c1cc(-c2cnc(C(F)(F)F)cc2C#N)c(Cl)cc1OCCCC(=O)O. The van der Waals surface area contributed by atoms with Gasteiger partial charge < -0.3 is 19.5 Å². The number of hydrogen-bond acceptors (Lipinski definition) is 7. The molecule has 1 aromatic heterocycles. The fraction of sp³-hybridized carbons (Fsp3) is 0.222. The van der Waals surface area contributed by atoms with Crippen molar-refractivity contribution in [2.75, 3.05) is 25.7 Å². The van der Waals surface area contributed by atoms with Gasteiger partial charge in [-0.3, -0.25) is 14.6 Å². The second-order valence-corrected chi connectivity index (χ2v) is 8.68. The predicted molar refractivity (Wildman–Crippen MR) is 137 cm³/mol. The van der Waals surface area contributed by atoms with Gasteiger partial charge in [0.15, 0.2) is 0 Å². The second-order valence-electron chi connectivity index (χ2n) is 8.27. The van der Waals surface area contributed by atoms with Gasteiger partial charge in [-0.2, -0.15) is 18.4 Å². The molecule has 3 aromatic rings. The second kappa shape index (κ2) is 12.5. The van der Waals surface area contributed by atoms with Crippen LogP contribution in [0.3, 0.4) is 0 Å². The first-order chi connectivity index (χ1) is 18.9. The number of methoxy groups -OCH3 is 1. The van der Waals surface area contributed by atoms with E-state index in [1.807, 2.05) is 0 Å². The summed E-state index contributed by atoms with van der Waals surface area (Å²) in [5.74, 6) is -2.51. The number of esters is 1. The van der Waals surface area contributed by atoms with Gasteiger partial charge in [0.25, 0.3) is 5.91 Å². The van der Waals surface area contributed by atoms with Crippen molar-refractivity contribution >= 4 is 35.1 Å². The number of benzene rings is 2. The van der Waals surface area contributed by atoms with E-state index in [-0.39, 0.29) is 63.7 Å². The Hall–Kier alpha value is -4.63. The molecule has 9 nitrogen and oxygen atoms in total. The Kier molecular flexibility index (Phi) is 9.34. The standard InChI is InChI=1S/C27H21ClF3N3O6/c1-34(21-7-4-3-6-16(21)26(38)39-2)25(37)18-11-17(20(28)12-22(18)40-9-5-8-24(35)36)19-14-33-23(27(29,30)31)10-15(19)13-32/h3-4,6-7,10-12,14H,5,8-9H2,1-2H3,(H,35,36). The molecule has 1 heterocycles. The van der Waals surface area contributed by atoms with E-state index in [0.29, 0.717) is 6.07 Å². The highest BCUT2D eigenvalue weighted by molar-refractivity contribution is 6.34. The first-order valence-corrected chi connectivity index (χ1v) is 11.9. The molecule has 0 aliphatic carbocycles. The average Bonchev–Trinajstić information content (AvgIpc) is 2.93. The van der Waals surface area contributed by atoms with Crippen molar-refractivity contribution in [2.45, 2.75) is 19.0 Å². The van der Waals surface area contributed by atoms with Crippen molar-refractivity contribution in [3.05, 3.63) is 76.1 Å². The van der Waals surface area contributed by atoms with Crippen LogP contribution in [0.1, 0.15) is 44.8 Å². The van der Waals surface area contributed by atoms with Crippen LogP contribution in [0.5, 0.6) is 5.75 Å². The van der Waals surface area contributed by atoms with Gasteiger partial charge in [-0.05, 0) is 30.7 Å². The van der Waals surface area contributed by atoms with Gasteiger partial charge in [-0.1, -0.05) is 23.7 Å². The third-order valence-corrected chi connectivity index (χ3v) is 5.99. The number of rotatable bonds is 9. The first kappa shape index (κ1) is 29.9. The van der Waals surface area contributed by atoms with E-state index >= 15 is 0 Å². The highest BCUT2D eigenvalue weighted by Crippen LogP contribution is 2.38. The van der Waals surface area contributed by atoms with Crippen LogP contribution in [0.2, 0.25) is 5.02 Å². The molecule has 208 valence electrons. The minimum Gasteiger partial charge on any atom is -0.493 e. The molecule has 3 rings (SSSR count). The van der Waals surface area contributed by atoms with Gasteiger partial charge in [-0.25, -0.2) is 4.79 Å². The number of carbonyl (C=O) groups excluding carboxylic acids is 2. The third kappa shape index (κ3) is 6.68. The lowest BCUT2D eigenvalue weighted by Crippen LogP contribution is -2.28. The first-order valence-electron chi connectivity index (χ1n) is 11.5. The van der Waals surface area contributed by atoms with Crippen LogP contribution in [0, 0.1) is 11.3 Å². The smallest absolute Gasteiger partial charge is 0.433 e. The molecular formula is C27H21ClF3N3O6. The zero-order valence-corrected chi connectivity index (χ0v) is 21.8. The van der Waals surface area contributed by atoms with Gasteiger partial charge in [0.05, 0.1) is 47.2 Å². The lowest BCUT2D eigenvalue weighted by molar-refractivity contribution is -0.141. The molecule has 2 aromatic carbocycles. The van der Waals surface area contributed by atoms with E-state index in [9.17, 15) is 32.8 Å². The topological polar surface area (TPSA) is 130 Å². The van der Waals surface area contributed by atoms with Crippen molar-refractivity contribution in [2.24, 2.45) is 0 Å². The summed E-state index contributed by atoms with van der Waals surface area (Å²) < 4.78 is 50.0. The van der Waals surface area contributed by atoms with Crippen molar-refractivity contribution in [3.63, 3.8) is 0 Å². The van der Waals surface area contributed by atoms with Gasteiger partial charge in [0.1, 0.15) is 11.4 Å². The fourth-order valence-electron chi connectivity index (χ4n) is 3.71. The molecule has 13 heteroatoms. The number of pyridine rings is 1. The van der Waals surface area contributed by atoms with E-state index in [1.54, 1.807) is 18.2 Å². The lowest BCUT2D eigenvalue weighted by Gasteiger charge is -2.22. The third-order valence-electron chi connectivity index (χ3n) is 5.67. The Labute approximate surface area is 231 Å². The molecule has 40 heavy (non-hydrogen) atoms. The number of nitrogens with zero attached hydrogens (tertiary/aromatic N) is 3. The Bertz CT molecular complexity index is 1500. The van der Waals surface area contributed by atoms with Crippen molar-refractivity contribution in [3.8, 4) is 22.9 Å². The van der Waals surface area contributed by atoms with Crippen LogP contribution >= 0.6 is 11.6 Å². The van der Waals surface area contributed by atoms with Crippen LogP contribution in [-0.4, -0.2) is 48.7 Å². The quantitative estimate of drug-likeness (QED) is 0.258. The molecule has 0 aliphatic rings. The molecule has 0 aliphatic heterocycles. The van der Waals surface area contributed by atoms with Crippen molar-refractivity contribution < 1.29 is 42.1 Å². The molecule has 0 radical (unpaired) electrons. The molecule has 0 saturated carbocycles. The summed E-state index contributed by atoms with van der Waals surface area (Å²) in [5.41, 5.74) is -1.57. The summed E-state index contributed by atoms with van der Waals surface area (Å²) in [4.78, 5) is 41.4. The largest absolute Gasteiger partial charge is 0.493 e. The average molecular weight is 576 g/mol. The molecule has 0 spiro atoms. The number of alkyl halides is 3. The highest BCUT2D eigenvalue weighted by Gasteiger charge is 2.33. The van der Waals surface area contributed by atoms with Crippen LogP contribution in [0.15, 0.2) is 48.7 Å². The maximum atomic E-state index is 13.7. The Morgan fingerprint density at radius 2 is 1.82 bits per heavy atom. The monoisotopic (exact) mass is 575 g/mol. The van der Waals surface area contributed by atoms with Crippen LogP contribution < -0.4 is 9.64 Å². The summed E-state index contributed by atoms with van der Waals surface area (Å²) in [6, 6.07) is 10.9. The molecular weight excluding hydrogens is 555 g/mol. The van der Waals surface area contributed by atoms with Crippen LogP contribution in [0.25, 0.3) is 11.1 Å². The van der Waals surface area contributed by atoms with Crippen LogP contribution in [0.4, 0.5) is 18.9 Å². The number of nitriles is 1. The minimum atomic E-state index is -4.79. The molecule has 1 amide bonds. The number of anilines is 1. The number of hydrogen-bond donors (Lipinski definition) is 1. The number of carboxylic acids is 1. The summed E-state index contributed by atoms with van der Waals surface area (Å²) in [5, 5.41) is 18.4. The number of halogens is 4. The van der Waals surface area contributed by atoms with E-state index in [0.717, 1.165) is 11.1 Å². The highest BCUT2D eigenvalue weighted by atomic mass is 35.5. The fourth-order valence-corrected chi connectivity index (χ4v) is 3.97. The summed E-state index contributed by atoms with van der Waals surface area (Å²) in [7, 11) is 2.56. The summed E-state index contributed by atoms with van der Waals surface area (Å²) >= 11 is 6.43. The molecule has 1 N–H and O–H groups in total. The summed E-state index contributed by atoms with van der Waals surface area (Å²) in [6.07, 6.45) is -4.06. The number of aromatic nitrogens is 1. The van der Waals surface area contributed by atoms with Gasteiger partial charge >= 0.3 is 18.1 Å². The minimum absolute atomic E-state index is 0.0235. The van der Waals surface area contributed by atoms with Crippen molar-refractivity contribution in [1.82, 2.24) is 4.98 Å². The molecule has 0 saturated heterocycles. The van der Waals surface area contributed by atoms with E-state index in [1.165, 1.54) is 38.4 Å². The molecule has 0 atom stereocenters. The number of ether oxygens (including phenoxy) is 2. The van der Waals surface area contributed by atoms with Crippen LogP contribution in [-0.2, 0) is 15.7 Å². The van der Waals surface area contributed by atoms with Gasteiger partial charge in [0.2, 0.25) is 0 Å². The number of amides is 1. The number of para-hydroxylation sites is 1. The maximum absolute atomic E-state index is 13.7. The van der Waals surface area contributed by atoms with Gasteiger partial charge in [0, 0.05) is 36.9 Å². The normalized spacial score (nSPS) is 10.9. The van der Waals surface area contributed by atoms with Crippen molar-refractivity contribution in [1.29, 1.82) is 5.26 Å². The Balaban J connectivity index is 2.15. The maximum Gasteiger partial charge on any atom is 0.433 e. The summed E-state index contributed by atoms with van der Waals surface area (Å²) in [6.45, 7) is -0.101. The number of carboxylic acid groups (broad SMARTS) is 1. The van der Waals surface area contributed by atoms with E-state index < -0.39 is 29.7 Å². The predicted octanol–water partition coefficient (Wildman–Crippen LogP) is 5.60. The Morgan fingerprint density at radius 3 is 2.45 bits per heavy atom. The molecule has 0 bridgehead atoms. The zero-order valence-electron chi connectivity index (χ0n) is 21.1. The number of carbonyl (C=O) groups is 3. The molecule has 0 fully saturated rings. The molecule has 0 unspecified atom stereocenters. The lowest BCUT2D eigenvalue weighted by atomic mass is 9.98. The Morgan fingerprint density at radius 1 is 1.12 bits per heavy atom. The zero-order chi connectivity index (χ0) is 29.6. The van der Waals surface area contributed by atoms with E-state index in [4.69, 9.17) is 26.2 Å². The number of aliphatic carboxylic acids is 1. The van der Waals surface area contributed by atoms with E-state index in [2.05, 4.69) is 4.98 Å².